The Bertz CT molecular complexity index is 2350. The summed E-state index contributed by atoms with van der Waals surface area (Å²) < 4.78 is 168. The summed E-state index contributed by atoms with van der Waals surface area (Å²) in [4.78, 5) is 0. The Kier molecular flexibility index (Phi) is 22.3. The van der Waals surface area contributed by atoms with Gasteiger partial charge >= 0.3 is 24.7 Å². The molecular weight excluding hydrogens is 1030 g/mol. The molecule has 0 atom stereocenters. The third-order valence-electron chi connectivity index (χ3n) is 14.2. The van der Waals surface area contributed by atoms with Crippen LogP contribution in [0.3, 0.4) is 0 Å². The van der Waals surface area contributed by atoms with Crippen LogP contribution in [0.5, 0.6) is 11.5 Å². The van der Waals surface area contributed by atoms with E-state index in [0.29, 0.717) is 60.5 Å². The molecule has 0 spiro atoms. The minimum atomic E-state index is -5.93. The molecule has 0 heterocycles. The summed E-state index contributed by atoms with van der Waals surface area (Å²) in [7, 11) is 0. The molecule has 0 saturated heterocycles. The first kappa shape index (κ1) is 65.2. The van der Waals surface area contributed by atoms with Crippen molar-refractivity contribution in [3.8, 4) is 11.5 Å². The Morgan fingerprint density at radius 2 is 0.658 bits per heavy atom. The van der Waals surface area contributed by atoms with E-state index >= 15 is 0 Å². The average molecular weight is 1100 g/mol. The molecule has 76 heavy (non-hydrogen) atoms. The van der Waals surface area contributed by atoms with Gasteiger partial charge in [-0.2, -0.15) is 52.7 Å². The number of halogens is 12. The molecule has 20 heteroatoms. The summed E-state index contributed by atoms with van der Waals surface area (Å²) in [5.74, 6) is 0.386. The monoisotopic (exact) mass is 1100 g/mol. The second-order valence-corrected chi connectivity index (χ2v) is 19.0. The molecule has 0 saturated carbocycles. The number of hydrogen-bond acceptors (Lipinski definition) is 8. The molecule has 6 N–H and O–H groups in total. The van der Waals surface area contributed by atoms with Gasteiger partial charge in [0.25, 0.3) is 11.2 Å². The quantitative estimate of drug-likeness (QED) is 0.0428. The van der Waals surface area contributed by atoms with Gasteiger partial charge in [0.15, 0.2) is 0 Å². The van der Waals surface area contributed by atoms with E-state index in [0.717, 1.165) is 33.4 Å². The lowest BCUT2D eigenvalue weighted by Gasteiger charge is -2.34. The predicted molar refractivity (Wildman–Crippen MR) is 266 cm³/mol. The molecule has 4 aromatic rings. The number of benzene rings is 4. The number of rotatable bonds is 22. The Balaban J connectivity index is 0.000000400. The van der Waals surface area contributed by atoms with Crippen molar-refractivity contribution in [1.82, 2.24) is 0 Å². The molecule has 4 rings (SSSR count). The van der Waals surface area contributed by atoms with Gasteiger partial charge in [-0.15, -0.1) is 0 Å². The smallest absolute Gasteiger partial charge is 0.430 e. The van der Waals surface area contributed by atoms with E-state index in [9.17, 15) is 83.3 Å². The van der Waals surface area contributed by atoms with E-state index in [1.807, 2.05) is 65.8 Å². The predicted octanol–water partition coefficient (Wildman–Crippen LogP) is 12.5. The molecule has 0 unspecified atom stereocenters. The lowest BCUT2D eigenvalue weighted by Crippen LogP contribution is -2.55. The lowest BCUT2D eigenvalue weighted by atomic mass is 9.70. The topological polar surface area (TPSA) is 140 Å². The van der Waals surface area contributed by atoms with Crippen molar-refractivity contribution in [3.05, 3.63) is 141 Å². The molecular formula is C56H68F12O8. The second kappa shape index (κ2) is 26.0. The maximum atomic E-state index is 13.0. The highest BCUT2D eigenvalue weighted by Crippen LogP contribution is 2.47. The molecule has 0 aliphatic carbocycles. The van der Waals surface area contributed by atoms with Crippen LogP contribution in [-0.4, -0.2) is 106 Å². The maximum absolute atomic E-state index is 13.0. The Labute approximate surface area is 435 Å². The standard InChI is InChI=1S/2C28H34F6O4/c2*1-5-25(6-2,23-9-10-24(19(4)14-23)38-17-20(15-35)16-36)22-8-7-21(18(3)13-22)11-12-26(37,27(29,30)31)28(32,33)34/h2*7-14,20,35-37H,5-6,15-17H2,1-4H3/b2*12-11+. The molecule has 0 aromatic heterocycles. The maximum Gasteiger partial charge on any atom is 0.430 e. The van der Waals surface area contributed by atoms with Crippen LogP contribution < -0.4 is 9.47 Å². The van der Waals surface area contributed by atoms with Crippen LogP contribution in [0.25, 0.3) is 12.2 Å². The van der Waals surface area contributed by atoms with Crippen LogP contribution in [0.1, 0.15) is 109 Å². The summed E-state index contributed by atoms with van der Waals surface area (Å²) in [5, 5.41) is 55.8. The van der Waals surface area contributed by atoms with Crippen LogP contribution in [0.15, 0.2) is 84.9 Å². The van der Waals surface area contributed by atoms with E-state index in [-0.39, 0.29) is 62.9 Å². The first-order valence-corrected chi connectivity index (χ1v) is 24.4. The normalized spacial score (nSPS) is 13.5. The van der Waals surface area contributed by atoms with Crippen molar-refractivity contribution in [2.45, 2.75) is 128 Å². The van der Waals surface area contributed by atoms with Gasteiger partial charge in [0.1, 0.15) is 11.5 Å². The molecule has 0 aliphatic rings. The average Bonchev–Trinajstić information content (AvgIpc) is 3.34. The first-order chi connectivity index (χ1) is 35.2. The summed E-state index contributed by atoms with van der Waals surface area (Å²) in [6, 6.07) is 21.0. The van der Waals surface area contributed by atoms with E-state index < -0.39 is 58.6 Å². The van der Waals surface area contributed by atoms with Crippen molar-refractivity contribution in [2.75, 3.05) is 39.6 Å². The van der Waals surface area contributed by atoms with Gasteiger partial charge in [-0.25, -0.2) is 0 Å². The SMILES string of the molecule is CCC(CC)(c1ccc(/C=C/C(O)(C(F)(F)F)C(F)(F)F)c(C)c1)c1ccc(OCC(CO)CO)c(C)c1.CCC(CC)(c1ccc(/C=C/C(O)(C(F)(F)F)C(F)(F)F)c(C)c1)c1ccc(OCC(CO)CO)c(C)c1. The number of ether oxygens (including phenoxy) is 2. The van der Waals surface area contributed by atoms with Crippen molar-refractivity contribution < 1.29 is 92.8 Å². The van der Waals surface area contributed by atoms with Gasteiger partial charge in [-0.05, 0) is 133 Å². The highest BCUT2D eigenvalue weighted by molar-refractivity contribution is 5.59. The van der Waals surface area contributed by atoms with E-state index in [2.05, 4.69) is 0 Å². The van der Waals surface area contributed by atoms with Crippen LogP contribution in [0, 0.1) is 39.5 Å². The Morgan fingerprint density at radius 3 is 0.868 bits per heavy atom. The summed E-state index contributed by atoms with van der Waals surface area (Å²) in [6.45, 7) is 14.3. The van der Waals surface area contributed by atoms with E-state index in [4.69, 9.17) is 9.47 Å². The minimum absolute atomic E-state index is 0.115. The van der Waals surface area contributed by atoms with Crippen molar-refractivity contribution in [3.63, 3.8) is 0 Å². The number of aliphatic hydroxyl groups excluding tert-OH is 4. The molecule has 8 nitrogen and oxygen atoms in total. The fourth-order valence-corrected chi connectivity index (χ4v) is 8.87. The zero-order valence-corrected chi connectivity index (χ0v) is 43.5. The first-order valence-electron chi connectivity index (χ1n) is 24.4. The molecule has 0 bridgehead atoms. The van der Waals surface area contributed by atoms with Gasteiger partial charge in [0.2, 0.25) is 0 Å². The zero-order valence-electron chi connectivity index (χ0n) is 43.5. The third-order valence-corrected chi connectivity index (χ3v) is 14.2. The van der Waals surface area contributed by atoms with Crippen molar-refractivity contribution in [1.29, 1.82) is 0 Å². The van der Waals surface area contributed by atoms with Gasteiger partial charge in [-0.1, -0.05) is 101 Å². The fourth-order valence-electron chi connectivity index (χ4n) is 8.87. The van der Waals surface area contributed by atoms with Crippen LogP contribution in [0.4, 0.5) is 52.7 Å². The summed E-state index contributed by atoms with van der Waals surface area (Å²) >= 11 is 0. The second-order valence-electron chi connectivity index (χ2n) is 19.0. The van der Waals surface area contributed by atoms with E-state index in [1.165, 1.54) is 12.1 Å². The third kappa shape index (κ3) is 14.3. The molecule has 0 fully saturated rings. The van der Waals surface area contributed by atoms with Gasteiger partial charge in [0.05, 0.1) is 39.6 Å². The lowest BCUT2D eigenvalue weighted by molar-refractivity contribution is -0.348. The number of aliphatic hydroxyl groups is 6. The van der Waals surface area contributed by atoms with Crippen molar-refractivity contribution >= 4 is 12.2 Å². The van der Waals surface area contributed by atoms with Crippen molar-refractivity contribution in [2.24, 2.45) is 11.8 Å². The fraction of sp³-hybridized carbons (Fsp3) is 0.500. The molecule has 0 amide bonds. The highest BCUT2D eigenvalue weighted by Gasteiger charge is 2.70. The van der Waals surface area contributed by atoms with Gasteiger partial charge in [-0.3, -0.25) is 0 Å². The molecule has 0 radical (unpaired) electrons. The number of alkyl halides is 12. The summed E-state index contributed by atoms with van der Waals surface area (Å²) in [6.07, 6.45) is -20.3. The van der Waals surface area contributed by atoms with Gasteiger partial charge < -0.3 is 40.1 Å². The molecule has 0 aliphatic heterocycles. The molecule has 424 valence electrons. The Morgan fingerprint density at radius 1 is 0.408 bits per heavy atom. The highest BCUT2D eigenvalue weighted by atomic mass is 19.4. The zero-order chi connectivity index (χ0) is 57.9. The van der Waals surface area contributed by atoms with Crippen LogP contribution in [-0.2, 0) is 10.8 Å². The van der Waals surface area contributed by atoms with E-state index in [1.54, 1.807) is 50.2 Å². The number of aryl methyl sites for hydroxylation is 4. The van der Waals surface area contributed by atoms with Crippen LogP contribution >= 0.6 is 0 Å². The Hall–Kier alpha value is -5.12. The largest absolute Gasteiger partial charge is 0.493 e. The van der Waals surface area contributed by atoms with Gasteiger partial charge in [0, 0.05) is 22.7 Å². The molecule has 4 aromatic carbocycles. The van der Waals surface area contributed by atoms with Crippen LogP contribution in [0.2, 0.25) is 0 Å². The number of hydrogen-bond donors (Lipinski definition) is 6. The minimum Gasteiger partial charge on any atom is -0.493 e. The summed E-state index contributed by atoms with van der Waals surface area (Å²) in [5.41, 5.74) is -4.51.